The van der Waals surface area contributed by atoms with E-state index >= 15 is 0 Å². The van der Waals surface area contributed by atoms with Gasteiger partial charge >= 0.3 is 5.97 Å². The molecule has 18 heavy (non-hydrogen) atoms. The molecule has 1 aliphatic heterocycles. The highest BCUT2D eigenvalue weighted by Gasteiger charge is 2.24. The number of rotatable bonds is 3. The van der Waals surface area contributed by atoms with E-state index in [1.807, 2.05) is 37.4 Å². The molecule has 4 nitrogen and oxygen atoms in total. The molecular weight excluding hydrogens is 250 g/mol. The monoisotopic (exact) mass is 273 g/mol. The molecule has 1 aliphatic rings. The van der Waals surface area contributed by atoms with Crippen LogP contribution in [0.5, 0.6) is 0 Å². The van der Waals surface area contributed by atoms with Crippen LogP contribution in [0.15, 0.2) is 0 Å². The molecular formula is C13H23NO3S. The van der Waals surface area contributed by atoms with Gasteiger partial charge in [0.15, 0.2) is 0 Å². The van der Waals surface area contributed by atoms with E-state index in [1.54, 1.807) is 0 Å². The Morgan fingerprint density at radius 2 is 2.00 bits per heavy atom. The van der Waals surface area contributed by atoms with Crippen LogP contribution in [-0.4, -0.2) is 46.5 Å². The molecule has 1 atom stereocenters. The van der Waals surface area contributed by atoms with Crippen molar-refractivity contribution >= 4 is 23.6 Å². The first-order valence-electron chi connectivity index (χ1n) is 6.38. The number of esters is 1. The molecule has 0 spiro atoms. The molecule has 1 amide bonds. The predicted octanol–water partition coefficient (Wildman–Crippen LogP) is 2.07. The molecule has 0 radical (unpaired) electrons. The van der Waals surface area contributed by atoms with Crippen LogP contribution in [0.1, 0.15) is 40.5 Å². The van der Waals surface area contributed by atoms with Crippen LogP contribution in [-0.2, 0) is 14.3 Å². The molecule has 1 fully saturated rings. The van der Waals surface area contributed by atoms with Crippen LogP contribution >= 0.6 is 11.8 Å². The summed E-state index contributed by atoms with van der Waals surface area (Å²) in [5.74, 6) is 1.74. The van der Waals surface area contributed by atoms with Crippen LogP contribution in [0, 0.1) is 0 Å². The van der Waals surface area contributed by atoms with E-state index in [9.17, 15) is 9.59 Å². The minimum absolute atomic E-state index is 0.0636. The second-order valence-corrected chi connectivity index (χ2v) is 6.75. The summed E-state index contributed by atoms with van der Waals surface area (Å²) < 4.78 is 5.19. The Bertz CT molecular complexity index is 312. The summed E-state index contributed by atoms with van der Waals surface area (Å²) in [6.07, 6.45) is 0.427. The number of carbonyl (C=O) groups excluding carboxylic acids is 2. The van der Waals surface area contributed by atoms with E-state index in [0.717, 1.165) is 18.1 Å². The van der Waals surface area contributed by atoms with Crippen LogP contribution in [0.2, 0.25) is 0 Å². The summed E-state index contributed by atoms with van der Waals surface area (Å²) in [5.41, 5.74) is -0.477. The van der Waals surface area contributed by atoms with Gasteiger partial charge in [-0.15, -0.1) is 0 Å². The summed E-state index contributed by atoms with van der Waals surface area (Å²) >= 11 is 1.87. The maximum atomic E-state index is 12.0. The Morgan fingerprint density at radius 1 is 1.33 bits per heavy atom. The van der Waals surface area contributed by atoms with Crippen LogP contribution in [0.4, 0.5) is 0 Å². The molecule has 1 unspecified atom stereocenters. The highest BCUT2D eigenvalue weighted by atomic mass is 32.2. The fourth-order valence-corrected chi connectivity index (χ4v) is 2.86. The van der Waals surface area contributed by atoms with Crippen molar-refractivity contribution in [3.63, 3.8) is 0 Å². The lowest BCUT2D eigenvalue weighted by Gasteiger charge is -2.33. The predicted molar refractivity (Wildman–Crippen MR) is 73.6 cm³/mol. The van der Waals surface area contributed by atoms with Crippen molar-refractivity contribution in [1.29, 1.82) is 0 Å². The van der Waals surface area contributed by atoms with Gasteiger partial charge in [0, 0.05) is 30.5 Å². The standard InChI is InChI=1S/C13H23NO3S/c1-10-9-18-8-7-14(10)11(15)5-6-12(16)17-13(2,3)4/h10H,5-9H2,1-4H3. The zero-order valence-corrected chi connectivity index (χ0v) is 12.5. The number of ether oxygens (including phenoxy) is 1. The number of carbonyl (C=O) groups is 2. The Balaban J connectivity index is 2.34. The van der Waals surface area contributed by atoms with E-state index in [-0.39, 0.29) is 30.8 Å². The highest BCUT2D eigenvalue weighted by Crippen LogP contribution is 2.17. The maximum absolute atomic E-state index is 12.0. The van der Waals surface area contributed by atoms with Gasteiger partial charge in [-0.05, 0) is 27.7 Å². The first-order valence-corrected chi connectivity index (χ1v) is 7.54. The lowest BCUT2D eigenvalue weighted by molar-refractivity contribution is -0.156. The first kappa shape index (κ1) is 15.3. The Kier molecular flexibility index (Phi) is 5.50. The molecule has 104 valence electrons. The average Bonchev–Trinajstić information content (AvgIpc) is 2.24. The largest absolute Gasteiger partial charge is 0.460 e. The van der Waals surface area contributed by atoms with Crippen molar-refractivity contribution in [2.45, 2.75) is 52.2 Å². The minimum Gasteiger partial charge on any atom is -0.460 e. The summed E-state index contributed by atoms with van der Waals surface area (Å²) in [4.78, 5) is 25.4. The number of thioether (sulfide) groups is 1. The zero-order valence-electron chi connectivity index (χ0n) is 11.7. The molecule has 1 saturated heterocycles. The number of amides is 1. The van der Waals surface area contributed by atoms with E-state index in [0.29, 0.717) is 0 Å². The fraction of sp³-hybridized carbons (Fsp3) is 0.846. The molecule has 0 aromatic heterocycles. The maximum Gasteiger partial charge on any atom is 0.306 e. The molecule has 0 aromatic rings. The topological polar surface area (TPSA) is 46.6 Å². The van der Waals surface area contributed by atoms with Gasteiger partial charge in [0.2, 0.25) is 5.91 Å². The van der Waals surface area contributed by atoms with Crippen molar-refractivity contribution in [1.82, 2.24) is 4.90 Å². The van der Waals surface area contributed by atoms with Gasteiger partial charge in [0.25, 0.3) is 0 Å². The summed E-state index contributed by atoms with van der Waals surface area (Å²) in [5, 5.41) is 0. The fourth-order valence-electron chi connectivity index (χ4n) is 1.84. The molecule has 1 rings (SSSR count). The molecule has 0 aromatic carbocycles. The Hall–Kier alpha value is -0.710. The van der Waals surface area contributed by atoms with E-state index in [4.69, 9.17) is 4.74 Å². The van der Waals surface area contributed by atoms with Crippen molar-refractivity contribution < 1.29 is 14.3 Å². The quantitative estimate of drug-likeness (QED) is 0.739. The third-order valence-corrected chi connectivity index (χ3v) is 3.84. The van der Waals surface area contributed by atoms with E-state index < -0.39 is 5.60 Å². The second kappa shape index (κ2) is 6.45. The third kappa shape index (κ3) is 5.29. The summed E-state index contributed by atoms with van der Waals surface area (Å²) in [6.45, 7) is 8.33. The van der Waals surface area contributed by atoms with Gasteiger partial charge in [-0.2, -0.15) is 11.8 Å². The van der Waals surface area contributed by atoms with Crippen molar-refractivity contribution in [3.05, 3.63) is 0 Å². The van der Waals surface area contributed by atoms with Crippen LogP contribution < -0.4 is 0 Å². The Labute approximate surface area is 113 Å². The van der Waals surface area contributed by atoms with Crippen molar-refractivity contribution in [3.8, 4) is 0 Å². The molecule has 0 aliphatic carbocycles. The zero-order chi connectivity index (χ0) is 13.8. The number of hydrogen-bond acceptors (Lipinski definition) is 4. The van der Waals surface area contributed by atoms with Gasteiger partial charge in [0.1, 0.15) is 5.60 Å². The highest BCUT2D eigenvalue weighted by molar-refractivity contribution is 7.99. The third-order valence-electron chi connectivity index (χ3n) is 2.65. The number of nitrogens with zero attached hydrogens (tertiary/aromatic N) is 1. The van der Waals surface area contributed by atoms with Crippen molar-refractivity contribution in [2.75, 3.05) is 18.1 Å². The molecule has 1 heterocycles. The van der Waals surface area contributed by atoms with E-state index in [1.165, 1.54) is 0 Å². The van der Waals surface area contributed by atoms with Gasteiger partial charge in [-0.3, -0.25) is 9.59 Å². The minimum atomic E-state index is -0.477. The SMILES string of the molecule is CC1CSCCN1C(=O)CCC(=O)OC(C)(C)C. The normalized spacial score (nSPS) is 20.7. The summed E-state index contributed by atoms with van der Waals surface area (Å²) in [6, 6.07) is 0.273. The lowest BCUT2D eigenvalue weighted by Crippen LogP contribution is -2.44. The molecule has 5 heteroatoms. The molecule has 0 saturated carbocycles. The van der Waals surface area contributed by atoms with Crippen molar-refractivity contribution in [2.24, 2.45) is 0 Å². The number of hydrogen-bond donors (Lipinski definition) is 0. The second-order valence-electron chi connectivity index (χ2n) is 5.60. The van der Waals surface area contributed by atoms with Crippen LogP contribution in [0.3, 0.4) is 0 Å². The Morgan fingerprint density at radius 3 is 2.56 bits per heavy atom. The summed E-state index contributed by atoms with van der Waals surface area (Å²) in [7, 11) is 0. The van der Waals surface area contributed by atoms with Gasteiger partial charge in [-0.1, -0.05) is 0 Å². The smallest absolute Gasteiger partial charge is 0.306 e. The van der Waals surface area contributed by atoms with Gasteiger partial charge in [0.05, 0.1) is 6.42 Å². The van der Waals surface area contributed by atoms with Crippen LogP contribution in [0.25, 0.3) is 0 Å². The van der Waals surface area contributed by atoms with Gasteiger partial charge < -0.3 is 9.64 Å². The molecule has 0 bridgehead atoms. The first-order chi connectivity index (χ1) is 8.29. The molecule has 0 N–H and O–H groups in total. The van der Waals surface area contributed by atoms with E-state index in [2.05, 4.69) is 6.92 Å². The lowest BCUT2D eigenvalue weighted by atomic mass is 10.2. The van der Waals surface area contributed by atoms with Gasteiger partial charge in [-0.25, -0.2) is 0 Å². The average molecular weight is 273 g/mol.